The van der Waals surface area contributed by atoms with E-state index in [1.54, 1.807) is 12.1 Å². The fraction of sp³-hybridized carbons (Fsp3) is 0.600. The second kappa shape index (κ2) is 6.29. The van der Waals surface area contributed by atoms with Crippen LogP contribution in [0.1, 0.15) is 36.8 Å². The van der Waals surface area contributed by atoms with Crippen molar-refractivity contribution < 1.29 is 13.2 Å². The lowest BCUT2D eigenvalue weighted by atomic mass is 9.87. The van der Waals surface area contributed by atoms with Gasteiger partial charge in [0.15, 0.2) is 0 Å². The molecule has 0 amide bonds. The average molecular weight is 335 g/mol. The third-order valence-corrected chi connectivity index (χ3v) is 4.88. The first kappa shape index (κ1) is 14.9. The molecular weight excluding hydrogens is 317 g/mol. The van der Waals surface area contributed by atoms with Crippen molar-refractivity contribution in [3.63, 3.8) is 0 Å². The van der Waals surface area contributed by atoms with Crippen LogP contribution >= 0.6 is 15.9 Å². The van der Waals surface area contributed by atoms with E-state index in [1.165, 1.54) is 37.8 Å². The number of alkyl halides is 4. The van der Waals surface area contributed by atoms with Crippen LogP contribution in [-0.2, 0) is 12.6 Å². The van der Waals surface area contributed by atoms with Crippen LogP contribution in [-0.4, -0.2) is 5.33 Å². The molecule has 1 unspecified atom stereocenters. The summed E-state index contributed by atoms with van der Waals surface area (Å²) in [5.41, 5.74) is 0.442. The fourth-order valence-electron chi connectivity index (χ4n) is 2.91. The molecule has 1 aliphatic carbocycles. The van der Waals surface area contributed by atoms with Crippen LogP contribution in [0.15, 0.2) is 24.3 Å². The van der Waals surface area contributed by atoms with Crippen molar-refractivity contribution in [2.45, 2.75) is 38.3 Å². The highest BCUT2D eigenvalue weighted by molar-refractivity contribution is 9.09. The van der Waals surface area contributed by atoms with E-state index in [0.717, 1.165) is 23.2 Å². The molecule has 0 bridgehead atoms. The van der Waals surface area contributed by atoms with Gasteiger partial charge in [-0.15, -0.1) is 0 Å². The molecule has 0 heterocycles. The van der Waals surface area contributed by atoms with Gasteiger partial charge in [-0.1, -0.05) is 53.7 Å². The van der Waals surface area contributed by atoms with Gasteiger partial charge in [-0.05, 0) is 36.0 Å². The zero-order chi connectivity index (χ0) is 13.9. The number of benzene rings is 1. The van der Waals surface area contributed by atoms with Gasteiger partial charge >= 0.3 is 6.18 Å². The molecule has 0 nitrogen and oxygen atoms in total. The molecule has 2 rings (SSSR count). The Balaban J connectivity index is 2.01. The SMILES string of the molecule is FC(F)(F)c1ccc(CC(CBr)C2CCCC2)cc1. The molecule has 0 aliphatic heterocycles. The summed E-state index contributed by atoms with van der Waals surface area (Å²) in [6.45, 7) is 0. The zero-order valence-electron chi connectivity index (χ0n) is 10.7. The smallest absolute Gasteiger partial charge is 0.166 e. The van der Waals surface area contributed by atoms with Gasteiger partial charge in [0.25, 0.3) is 0 Å². The van der Waals surface area contributed by atoms with Crippen LogP contribution in [0, 0.1) is 11.8 Å². The first-order valence-electron chi connectivity index (χ1n) is 6.73. The first-order valence-corrected chi connectivity index (χ1v) is 7.85. The number of hydrogen-bond donors (Lipinski definition) is 0. The van der Waals surface area contributed by atoms with Crippen molar-refractivity contribution in [1.82, 2.24) is 0 Å². The van der Waals surface area contributed by atoms with Gasteiger partial charge in [0, 0.05) is 5.33 Å². The highest BCUT2D eigenvalue weighted by Crippen LogP contribution is 2.35. The zero-order valence-corrected chi connectivity index (χ0v) is 12.3. The molecule has 1 saturated carbocycles. The molecule has 0 aromatic heterocycles. The van der Waals surface area contributed by atoms with Crippen LogP contribution in [0.3, 0.4) is 0 Å². The van der Waals surface area contributed by atoms with Gasteiger partial charge in [-0.25, -0.2) is 0 Å². The Morgan fingerprint density at radius 3 is 2.16 bits per heavy atom. The van der Waals surface area contributed by atoms with Crippen molar-refractivity contribution in [3.8, 4) is 0 Å². The largest absolute Gasteiger partial charge is 0.416 e. The maximum absolute atomic E-state index is 12.5. The Morgan fingerprint density at radius 2 is 1.68 bits per heavy atom. The van der Waals surface area contributed by atoms with Crippen molar-refractivity contribution in [2.24, 2.45) is 11.8 Å². The van der Waals surface area contributed by atoms with Gasteiger partial charge in [-0.3, -0.25) is 0 Å². The summed E-state index contributed by atoms with van der Waals surface area (Å²) in [7, 11) is 0. The van der Waals surface area contributed by atoms with Crippen molar-refractivity contribution in [2.75, 3.05) is 5.33 Å². The van der Waals surface area contributed by atoms with Crippen LogP contribution in [0.5, 0.6) is 0 Å². The maximum atomic E-state index is 12.5. The molecule has 1 fully saturated rings. The van der Waals surface area contributed by atoms with Gasteiger partial charge < -0.3 is 0 Å². The fourth-order valence-corrected chi connectivity index (χ4v) is 3.67. The van der Waals surface area contributed by atoms with Crippen LogP contribution < -0.4 is 0 Å². The molecule has 1 atom stereocenters. The van der Waals surface area contributed by atoms with E-state index in [9.17, 15) is 13.2 Å². The highest BCUT2D eigenvalue weighted by Gasteiger charge is 2.30. The Labute approximate surface area is 120 Å². The highest BCUT2D eigenvalue weighted by atomic mass is 79.9. The number of hydrogen-bond acceptors (Lipinski definition) is 0. The van der Waals surface area contributed by atoms with E-state index in [2.05, 4.69) is 15.9 Å². The lowest BCUT2D eigenvalue weighted by Crippen LogP contribution is -2.16. The minimum absolute atomic E-state index is 0.541. The molecule has 0 N–H and O–H groups in total. The van der Waals surface area contributed by atoms with E-state index in [4.69, 9.17) is 0 Å². The molecule has 1 aliphatic rings. The molecule has 106 valence electrons. The second-order valence-corrected chi connectivity index (χ2v) is 6.01. The minimum Gasteiger partial charge on any atom is -0.166 e. The van der Waals surface area contributed by atoms with Gasteiger partial charge in [0.2, 0.25) is 0 Å². The van der Waals surface area contributed by atoms with Gasteiger partial charge in [0.05, 0.1) is 5.56 Å². The molecular formula is C15H18BrF3. The first-order chi connectivity index (χ1) is 9.00. The van der Waals surface area contributed by atoms with Gasteiger partial charge in [-0.2, -0.15) is 13.2 Å². The standard InChI is InChI=1S/C15H18BrF3/c16-10-13(12-3-1-2-4-12)9-11-5-7-14(8-6-11)15(17,18)19/h5-8,12-13H,1-4,9-10H2. The van der Waals surface area contributed by atoms with Crippen LogP contribution in [0.25, 0.3) is 0 Å². The lowest BCUT2D eigenvalue weighted by molar-refractivity contribution is -0.137. The molecule has 1 aromatic carbocycles. The third kappa shape index (κ3) is 3.98. The number of halogens is 4. The quantitative estimate of drug-likeness (QED) is 0.642. The predicted molar refractivity (Wildman–Crippen MR) is 74.4 cm³/mol. The summed E-state index contributed by atoms with van der Waals surface area (Å²) in [5, 5.41) is 0.929. The topological polar surface area (TPSA) is 0 Å². The molecule has 4 heteroatoms. The van der Waals surface area contributed by atoms with E-state index in [1.807, 2.05) is 0 Å². The summed E-state index contributed by atoms with van der Waals surface area (Å²) in [4.78, 5) is 0. The van der Waals surface area contributed by atoms with E-state index < -0.39 is 11.7 Å². The maximum Gasteiger partial charge on any atom is 0.416 e. The molecule has 0 spiro atoms. The molecule has 1 aromatic rings. The van der Waals surface area contributed by atoms with Crippen molar-refractivity contribution in [3.05, 3.63) is 35.4 Å². The molecule has 0 saturated heterocycles. The average Bonchev–Trinajstić information content (AvgIpc) is 2.89. The van der Waals surface area contributed by atoms with Crippen molar-refractivity contribution >= 4 is 15.9 Å². The molecule has 19 heavy (non-hydrogen) atoms. The summed E-state index contributed by atoms with van der Waals surface area (Å²) in [6.07, 6.45) is 1.74. The number of rotatable bonds is 4. The van der Waals surface area contributed by atoms with Crippen molar-refractivity contribution in [1.29, 1.82) is 0 Å². The van der Waals surface area contributed by atoms with E-state index in [0.29, 0.717) is 5.92 Å². The summed E-state index contributed by atoms with van der Waals surface area (Å²) >= 11 is 3.55. The Kier molecular flexibility index (Phi) is 4.93. The second-order valence-electron chi connectivity index (χ2n) is 5.36. The van der Waals surface area contributed by atoms with Crippen LogP contribution in [0.4, 0.5) is 13.2 Å². The lowest BCUT2D eigenvalue weighted by Gasteiger charge is -2.21. The van der Waals surface area contributed by atoms with Crippen LogP contribution in [0.2, 0.25) is 0 Å². The predicted octanol–water partition coefficient (Wildman–Crippen LogP) is 5.45. The normalized spacial score (nSPS) is 18.7. The summed E-state index contributed by atoms with van der Waals surface area (Å²) in [6, 6.07) is 5.62. The molecule has 0 radical (unpaired) electrons. The Bertz CT molecular complexity index is 391. The van der Waals surface area contributed by atoms with E-state index >= 15 is 0 Å². The Hall–Kier alpha value is -0.510. The Morgan fingerprint density at radius 1 is 1.11 bits per heavy atom. The van der Waals surface area contributed by atoms with Gasteiger partial charge in [0.1, 0.15) is 0 Å². The monoisotopic (exact) mass is 334 g/mol. The third-order valence-electron chi connectivity index (χ3n) is 4.04. The minimum atomic E-state index is -4.24. The van der Waals surface area contributed by atoms with E-state index in [-0.39, 0.29) is 0 Å². The summed E-state index contributed by atoms with van der Waals surface area (Å²) < 4.78 is 37.5. The summed E-state index contributed by atoms with van der Waals surface area (Å²) in [5.74, 6) is 1.26.